The molecule has 0 bridgehead atoms. The lowest BCUT2D eigenvalue weighted by molar-refractivity contribution is -0.153. The molecule has 1 heterocycles. The molecule has 1 saturated heterocycles. The van der Waals surface area contributed by atoms with E-state index in [-0.39, 0.29) is 11.8 Å². The predicted molar refractivity (Wildman–Crippen MR) is 55.9 cm³/mol. The highest BCUT2D eigenvalue weighted by molar-refractivity contribution is 5.88. The second-order valence-electron chi connectivity index (χ2n) is 4.62. The van der Waals surface area contributed by atoms with Crippen LogP contribution in [0.1, 0.15) is 32.1 Å². The molecular formula is C11H17NO4. The van der Waals surface area contributed by atoms with Gasteiger partial charge in [-0.05, 0) is 12.8 Å². The van der Waals surface area contributed by atoms with Crippen molar-refractivity contribution in [2.24, 2.45) is 5.92 Å². The lowest BCUT2D eigenvalue weighted by Crippen LogP contribution is -2.59. The van der Waals surface area contributed by atoms with Crippen molar-refractivity contribution in [1.82, 2.24) is 5.32 Å². The fourth-order valence-corrected chi connectivity index (χ4v) is 2.12. The number of carboxylic acids is 1. The Bertz CT molecular complexity index is 292. The molecule has 2 N–H and O–H groups in total. The van der Waals surface area contributed by atoms with Crippen molar-refractivity contribution in [1.29, 1.82) is 0 Å². The first-order valence-electron chi connectivity index (χ1n) is 5.77. The summed E-state index contributed by atoms with van der Waals surface area (Å²) < 4.78 is 5.14. The lowest BCUT2D eigenvalue weighted by Gasteiger charge is -2.36. The van der Waals surface area contributed by atoms with Gasteiger partial charge in [-0.2, -0.15) is 0 Å². The van der Waals surface area contributed by atoms with Gasteiger partial charge in [0.2, 0.25) is 5.91 Å². The van der Waals surface area contributed by atoms with E-state index >= 15 is 0 Å². The first kappa shape index (κ1) is 11.4. The van der Waals surface area contributed by atoms with Crippen molar-refractivity contribution in [2.45, 2.75) is 37.6 Å². The molecule has 2 aliphatic rings. The van der Waals surface area contributed by atoms with Crippen molar-refractivity contribution < 1.29 is 19.4 Å². The third-order valence-electron chi connectivity index (χ3n) is 3.59. The zero-order chi connectivity index (χ0) is 11.6. The van der Waals surface area contributed by atoms with E-state index in [1.54, 1.807) is 0 Å². The normalized spacial score (nSPS) is 24.5. The van der Waals surface area contributed by atoms with Crippen molar-refractivity contribution in [3.05, 3.63) is 0 Å². The van der Waals surface area contributed by atoms with Gasteiger partial charge in [0.1, 0.15) is 5.54 Å². The Morgan fingerprint density at radius 2 is 1.88 bits per heavy atom. The van der Waals surface area contributed by atoms with Gasteiger partial charge in [-0.1, -0.05) is 6.42 Å². The standard InChI is InChI=1S/C11H17NO4/c13-9(8-2-1-3-8)12-11(10(14)15)4-6-16-7-5-11/h8H,1-7H2,(H,12,13)(H,14,15). The maximum absolute atomic E-state index is 11.8. The number of ether oxygens (including phenoxy) is 1. The SMILES string of the molecule is O=C(NC1(C(=O)O)CCOCC1)C1CCC1. The van der Waals surface area contributed by atoms with Crippen LogP contribution in [0.25, 0.3) is 0 Å². The molecule has 1 saturated carbocycles. The number of nitrogens with one attached hydrogen (secondary N) is 1. The molecule has 0 radical (unpaired) electrons. The van der Waals surface area contributed by atoms with Crippen LogP contribution in [0.3, 0.4) is 0 Å². The Labute approximate surface area is 94.2 Å². The molecule has 0 spiro atoms. The number of carbonyl (C=O) groups is 2. The molecule has 1 aliphatic carbocycles. The minimum atomic E-state index is -1.09. The fourth-order valence-electron chi connectivity index (χ4n) is 2.12. The summed E-state index contributed by atoms with van der Waals surface area (Å²) in [5.41, 5.74) is -1.09. The molecular weight excluding hydrogens is 210 g/mol. The van der Waals surface area contributed by atoms with Crippen molar-refractivity contribution >= 4 is 11.9 Å². The highest BCUT2D eigenvalue weighted by atomic mass is 16.5. The summed E-state index contributed by atoms with van der Waals surface area (Å²) in [7, 11) is 0. The quantitative estimate of drug-likeness (QED) is 0.737. The van der Waals surface area contributed by atoms with E-state index in [9.17, 15) is 14.7 Å². The smallest absolute Gasteiger partial charge is 0.329 e. The summed E-state index contributed by atoms with van der Waals surface area (Å²) in [6.45, 7) is 0.800. The molecule has 0 aromatic heterocycles. The molecule has 2 fully saturated rings. The number of carboxylic acid groups (broad SMARTS) is 1. The third-order valence-corrected chi connectivity index (χ3v) is 3.59. The highest BCUT2D eigenvalue weighted by Crippen LogP contribution is 2.29. The Balaban J connectivity index is 2.01. The molecule has 16 heavy (non-hydrogen) atoms. The molecule has 1 amide bonds. The van der Waals surface area contributed by atoms with E-state index in [1.165, 1.54) is 0 Å². The summed E-state index contributed by atoms with van der Waals surface area (Å²) in [5.74, 6) is -1.02. The highest BCUT2D eigenvalue weighted by Gasteiger charge is 2.43. The number of aliphatic carboxylic acids is 1. The number of carbonyl (C=O) groups excluding carboxylic acids is 1. The average Bonchev–Trinajstić information content (AvgIpc) is 2.15. The fraction of sp³-hybridized carbons (Fsp3) is 0.818. The van der Waals surface area contributed by atoms with Gasteiger partial charge < -0.3 is 15.2 Å². The zero-order valence-electron chi connectivity index (χ0n) is 9.20. The van der Waals surface area contributed by atoms with Crippen molar-refractivity contribution in [3.8, 4) is 0 Å². The number of amides is 1. The maximum Gasteiger partial charge on any atom is 0.329 e. The summed E-state index contributed by atoms with van der Waals surface area (Å²) >= 11 is 0. The van der Waals surface area contributed by atoms with Crippen LogP contribution in [0.4, 0.5) is 0 Å². The van der Waals surface area contributed by atoms with Crippen LogP contribution in [0, 0.1) is 5.92 Å². The molecule has 2 rings (SSSR count). The van der Waals surface area contributed by atoms with Crippen LogP contribution in [-0.4, -0.2) is 35.7 Å². The maximum atomic E-state index is 11.8. The Kier molecular flexibility index (Phi) is 3.14. The number of rotatable bonds is 3. The monoisotopic (exact) mass is 227 g/mol. The van der Waals surface area contributed by atoms with Crippen LogP contribution in [0.5, 0.6) is 0 Å². The van der Waals surface area contributed by atoms with Gasteiger partial charge in [0.05, 0.1) is 0 Å². The molecule has 0 aromatic carbocycles. The van der Waals surface area contributed by atoms with Gasteiger partial charge in [0.15, 0.2) is 0 Å². The molecule has 0 aromatic rings. The number of hydrogen-bond donors (Lipinski definition) is 2. The lowest BCUT2D eigenvalue weighted by atomic mass is 9.82. The Morgan fingerprint density at radius 1 is 1.25 bits per heavy atom. The second-order valence-corrected chi connectivity index (χ2v) is 4.62. The van der Waals surface area contributed by atoms with Gasteiger partial charge in [0, 0.05) is 32.0 Å². The van der Waals surface area contributed by atoms with Crippen LogP contribution in [0.15, 0.2) is 0 Å². The minimum Gasteiger partial charge on any atom is -0.480 e. The third kappa shape index (κ3) is 2.04. The predicted octanol–water partition coefficient (Wildman–Crippen LogP) is 0.536. The molecule has 0 atom stereocenters. The molecule has 0 unspecified atom stereocenters. The van der Waals surface area contributed by atoms with E-state index in [4.69, 9.17) is 4.74 Å². The summed E-state index contributed by atoms with van der Waals surface area (Å²) in [4.78, 5) is 23.1. The first-order valence-corrected chi connectivity index (χ1v) is 5.77. The van der Waals surface area contributed by atoms with Crippen LogP contribution in [0.2, 0.25) is 0 Å². The topological polar surface area (TPSA) is 75.6 Å². The van der Waals surface area contributed by atoms with Gasteiger partial charge >= 0.3 is 5.97 Å². The van der Waals surface area contributed by atoms with Crippen molar-refractivity contribution in [3.63, 3.8) is 0 Å². The Morgan fingerprint density at radius 3 is 2.31 bits per heavy atom. The molecule has 90 valence electrons. The molecule has 5 heteroatoms. The largest absolute Gasteiger partial charge is 0.480 e. The van der Waals surface area contributed by atoms with Gasteiger partial charge in [-0.3, -0.25) is 4.79 Å². The average molecular weight is 227 g/mol. The second kappa shape index (κ2) is 4.41. The van der Waals surface area contributed by atoms with Crippen LogP contribution >= 0.6 is 0 Å². The van der Waals surface area contributed by atoms with E-state index in [0.29, 0.717) is 26.1 Å². The van der Waals surface area contributed by atoms with Gasteiger partial charge in [-0.15, -0.1) is 0 Å². The minimum absolute atomic E-state index is 0.0269. The van der Waals surface area contributed by atoms with Crippen LogP contribution < -0.4 is 5.32 Å². The van der Waals surface area contributed by atoms with E-state index < -0.39 is 11.5 Å². The number of hydrogen-bond acceptors (Lipinski definition) is 3. The summed E-state index contributed by atoms with van der Waals surface area (Å²) in [6, 6.07) is 0. The van der Waals surface area contributed by atoms with Crippen molar-refractivity contribution in [2.75, 3.05) is 13.2 Å². The molecule has 5 nitrogen and oxygen atoms in total. The van der Waals surface area contributed by atoms with E-state index in [1.807, 2.05) is 0 Å². The van der Waals surface area contributed by atoms with Gasteiger partial charge in [0.25, 0.3) is 0 Å². The zero-order valence-corrected chi connectivity index (χ0v) is 9.20. The van der Waals surface area contributed by atoms with E-state index in [2.05, 4.69) is 5.32 Å². The molecule has 1 aliphatic heterocycles. The Hall–Kier alpha value is -1.10. The first-order chi connectivity index (χ1) is 7.64. The van der Waals surface area contributed by atoms with Gasteiger partial charge in [-0.25, -0.2) is 4.79 Å². The summed E-state index contributed by atoms with van der Waals surface area (Å²) in [5, 5.41) is 12.0. The summed E-state index contributed by atoms with van der Waals surface area (Å²) in [6.07, 6.45) is 3.57. The van der Waals surface area contributed by atoms with Crippen LogP contribution in [-0.2, 0) is 14.3 Å². The van der Waals surface area contributed by atoms with E-state index in [0.717, 1.165) is 19.3 Å².